The third-order valence-electron chi connectivity index (χ3n) is 5.99. The van der Waals surface area contributed by atoms with Crippen LogP contribution in [-0.4, -0.2) is 35.7 Å². The molecule has 0 spiro atoms. The van der Waals surface area contributed by atoms with Crippen molar-refractivity contribution in [1.82, 2.24) is 9.97 Å². The largest absolute Gasteiger partial charge is 0.482 e. The average molecular weight is 476 g/mol. The van der Waals surface area contributed by atoms with Gasteiger partial charge < -0.3 is 14.4 Å². The first-order valence-electron chi connectivity index (χ1n) is 12.5. The number of benzene rings is 2. The molecule has 6 heteroatoms. The van der Waals surface area contributed by atoms with E-state index >= 15 is 0 Å². The van der Waals surface area contributed by atoms with Gasteiger partial charge in [0.15, 0.2) is 6.61 Å². The highest BCUT2D eigenvalue weighted by Gasteiger charge is 2.17. The van der Waals surface area contributed by atoms with Crippen LogP contribution in [0.4, 0.5) is 5.82 Å². The standard InChI is InChI=1S/C29H37N3O3/c1-6-9-16-32(29-22(5)28(30-20-31-29)25-13-10-21(4)11-14-25)18-23-12-15-26(24(7-2)17-23)35-19-27(33)34-8-3/h10-15,17,20H,6-9,16,18-19H2,1-5H3. The molecular weight excluding hydrogens is 438 g/mol. The zero-order valence-electron chi connectivity index (χ0n) is 21.6. The van der Waals surface area contributed by atoms with E-state index in [0.717, 1.165) is 66.3 Å². The molecule has 0 saturated heterocycles. The van der Waals surface area contributed by atoms with Gasteiger partial charge in [0, 0.05) is 24.2 Å². The Morgan fingerprint density at radius 3 is 2.46 bits per heavy atom. The Hall–Kier alpha value is -3.41. The van der Waals surface area contributed by atoms with E-state index in [1.807, 2.05) is 6.07 Å². The van der Waals surface area contributed by atoms with Gasteiger partial charge in [-0.15, -0.1) is 0 Å². The number of aromatic nitrogens is 2. The first kappa shape index (κ1) is 26.2. The molecule has 3 aromatic rings. The molecule has 1 heterocycles. The summed E-state index contributed by atoms with van der Waals surface area (Å²) >= 11 is 0. The molecular formula is C29H37N3O3. The molecule has 3 rings (SSSR count). The predicted octanol–water partition coefficient (Wildman–Crippen LogP) is 6.07. The molecule has 0 atom stereocenters. The van der Waals surface area contributed by atoms with E-state index in [2.05, 4.69) is 74.0 Å². The Kier molecular flexibility index (Phi) is 9.65. The van der Waals surface area contributed by atoms with E-state index in [4.69, 9.17) is 14.5 Å². The number of ether oxygens (including phenoxy) is 2. The van der Waals surface area contributed by atoms with Gasteiger partial charge >= 0.3 is 5.97 Å². The van der Waals surface area contributed by atoms with Crippen LogP contribution in [0.2, 0.25) is 0 Å². The number of unbranched alkanes of at least 4 members (excludes halogenated alkanes) is 1. The van der Waals surface area contributed by atoms with E-state index < -0.39 is 0 Å². The Morgan fingerprint density at radius 2 is 1.77 bits per heavy atom. The molecule has 0 bridgehead atoms. The third kappa shape index (κ3) is 7.04. The van der Waals surface area contributed by atoms with Crippen molar-refractivity contribution in [2.24, 2.45) is 0 Å². The summed E-state index contributed by atoms with van der Waals surface area (Å²) in [7, 11) is 0. The topological polar surface area (TPSA) is 64.5 Å². The molecule has 186 valence electrons. The first-order valence-corrected chi connectivity index (χ1v) is 12.5. The van der Waals surface area contributed by atoms with Gasteiger partial charge in [-0.2, -0.15) is 0 Å². The summed E-state index contributed by atoms with van der Waals surface area (Å²) in [5.41, 5.74) is 6.62. The Labute approximate surface area is 209 Å². The molecule has 0 amide bonds. The lowest BCUT2D eigenvalue weighted by Gasteiger charge is -2.26. The van der Waals surface area contributed by atoms with E-state index in [1.165, 1.54) is 11.1 Å². The second-order valence-electron chi connectivity index (χ2n) is 8.70. The summed E-state index contributed by atoms with van der Waals surface area (Å²) in [5.74, 6) is 1.34. The van der Waals surface area contributed by atoms with Gasteiger partial charge in [0.2, 0.25) is 0 Å². The van der Waals surface area contributed by atoms with Gasteiger partial charge in [0.1, 0.15) is 17.9 Å². The lowest BCUT2D eigenvalue weighted by Crippen LogP contribution is -2.26. The molecule has 0 aliphatic carbocycles. The summed E-state index contributed by atoms with van der Waals surface area (Å²) in [6.45, 7) is 12.2. The lowest BCUT2D eigenvalue weighted by atomic mass is 10.0. The SMILES string of the molecule is CCCCN(Cc1ccc(OCC(=O)OCC)c(CC)c1)c1ncnc(-c2ccc(C)cc2)c1C. The van der Waals surface area contributed by atoms with Crippen molar-refractivity contribution in [2.75, 3.05) is 24.7 Å². The van der Waals surface area contributed by atoms with Crippen molar-refractivity contribution in [1.29, 1.82) is 0 Å². The molecule has 0 radical (unpaired) electrons. The number of esters is 1. The zero-order chi connectivity index (χ0) is 25.2. The first-order chi connectivity index (χ1) is 17.0. The molecule has 1 aromatic heterocycles. The molecule has 0 N–H and O–H groups in total. The normalized spacial score (nSPS) is 10.8. The number of nitrogens with zero attached hydrogens (tertiary/aromatic N) is 3. The smallest absolute Gasteiger partial charge is 0.344 e. The van der Waals surface area contributed by atoms with Crippen LogP contribution >= 0.6 is 0 Å². The summed E-state index contributed by atoms with van der Waals surface area (Å²) in [5, 5.41) is 0. The fourth-order valence-electron chi connectivity index (χ4n) is 4.08. The summed E-state index contributed by atoms with van der Waals surface area (Å²) in [4.78, 5) is 23.3. The number of carbonyl (C=O) groups excluding carboxylic acids is 1. The van der Waals surface area contributed by atoms with Crippen molar-refractivity contribution < 1.29 is 14.3 Å². The maximum absolute atomic E-state index is 11.7. The van der Waals surface area contributed by atoms with E-state index in [1.54, 1.807) is 13.3 Å². The minimum Gasteiger partial charge on any atom is -0.482 e. The number of anilines is 1. The van der Waals surface area contributed by atoms with Crippen molar-refractivity contribution in [3.63, 3.8) is 0 Å². The Bertz CT molecular complexity index is 1110. The van der Waals surface area contributed by atoms with Gasteiger partial charge in [-0.1, -0.05) is 62.2 Å². The number of aryl methyl sites for hydroxylation is 2. The molecule has 0 fully saturated rings. The van der Waals surface area contributed by atoms with Crippen molar-refractivity contribution >= 4 is 11.8 Å². The Morgan fingerprint density at radius 1 is 1.00 bits per heavy atom. The second-order valence-corrected chi connectivity index (χ2v) is 8.70. The van der Waals surface area contributed by atoms with Crippen molar-refractivity contribution in [3.05, 3.63) is 71.0 Å². The summed E-state index contributed by atoms with van der Waals surface area (Å²) in [6, 6.07) is 14.6. The minimum atomic E-state index is -0.354. The second kappa shape index (κ2) is 12.9. The van der Waals surface area contributed by atoms with E-state index in [-0.39, 0.29) is 12.6 Å². The highest BCUT2D eigenvalue weighted by Crippen LogP contribution is 2.29. The quantitative estimate of drug-likeness (QED) is 0.296. The maximum Gasteiger partial charge on any atom is 0.344 e. The molecule has 35 heavy (non-hydrogen) atoms. The third-order valence-corrected chi connectivity index (χ3v) is 5.99. The van der Waals surface area contributed by atoms with Crippen LogP contribution in [0, 0.1) is 13.8 Å². The van der Waals surface area contributed by atoms with Crippen molar-refractivity contribution in [2.45, 2.75) is 60.4 Å². The monoisotopic (exact) mass is 475 g/mol. The van der Waals surface area contributed by atoms with Crippen LogP contribution < -0.4 is 9.64 Å². The predicted molar refractivity (Wildman–Crippen MR) is 141 cm³/mol. The van der Waals surface area contributed by atoms with Crippen LogP contribution in [-0.2, 0) is 22.5 Å². The number of hydrogen-bond acceptors (Lipinski definition) is 6. The molecule has 6 nitrogen and oxygen atoms in total. The highest BCUT2D eigenvalue weighted by atomic mass is 16.6. The van der Waals surface area contributed by atoms with E-state index in [9.17, 15) is 4.79 Å². The highest BCUT2D eigenvalue weighted by molar-refractivity contribution is 5.71. The molecule has 0 aliphatic rings. The number of hydrogen-bond donors (Lipinski definition) is 0. The maximum atomic E-state index is 11.7. The molecule has 2 aromatic carbocycles. The fourth-order valence-corrected chi connectivity index (χ4v) is 4.08. The van der Waals surface area contributed by atoms with Crippen LogP contribution in [0.3, 0.4) is 0 Å². The summed E-state index contributed by atoms with van der Waals surface area (Å²) in [6.07, 6.45) is 4.66. The molecule has 0 unspecified atom stereocenters. The van der Waals surface area contributed by atoms with Crippen LogP contribution in [0.1, 0.15) is 55.9 Å². The minimum absolute atomic E-state index is 0.0786. The van der Waals surface area contributed by atoms with Crippen LogP contribution in [0.25, 0.3) is 11.3 Å². The average Bonchev–Trinajstić information content (AvgIpc) is 2.86. The van der Waals surface area contributed by atoms with Gasteiger partial charge in [0.25, 0.3) is 0 Å². The zero-order valence-corrected chi connectivity index (χ0v) is 21.6. The number of rotatable bonds is 12. The molecule has 0 saturated carbocycles. The molecule has 0 aliphatic heterocycles. The van der Waals surface area contributed by atoms with Gasteiger partial charge in [0.05, 0.1) is 12.3 Å². The number of carbonyl (C=O) groups is 1. The summed E-state index contributed by atoms with van der Waals surface area (Å²) < 4.78 is 10.7. The Balaban J connectivity index is 1.86. The fraction of sp³-hybridized carbons (Fsp3) is 0.414. The van der Waals surface area contributed by atoms with Gasteiger partial charge in [-0.25, -0.2) is 14.8 Å². The van der Waals surface area contributed by atoms with Crippen molar-refractivity contribution in [3.8, 4) is 17.0 Å². The van der Waals surface area contributed by atoms with Gasteiger partial charge in [-0.3, -0.25) is 0 Å². The van der Waals surface area contributed by atoms with Gasteiger partial charge in [-0.05, 0) is 50.8 Å². The van der Waals surface area contributed by atoms with Crippen LogP contribution in [0.5, 0.6) is 5.75 Å². The van der Waals surface area contributed by atoms with E-state index in [0.29, 0.717) is 6.61 Å². The van der Waals surface area contributed by atoms with Crippen LogP contribution in [0.15, 0.2) is 48.8 Å². The lowest BCUT2D eigenvalue weighted by molar-refractivity contribution is -0.145.